The van der Waals surface area contributed by atoms with E-state index in [1.807, 2.05) is 24.3 Å². The maximum atomic E-state index is 5.27. The summed E-state index contributed by atoms with van der Waals surface area (Å²) in [7, 11) is 3.45. The van der Waals surface area contributed by atoms with Gasteiger partial charge in [0.05, 0.1) is 22.6 Å². The van der Waals surface area contributed by atoms with Crippen LogP contribution in [0.15, 0.2) is 51.9 Å². The van der Waals surface area contributed by atoms with E-state index in [-0.39, 0.29) is 24.0 Å². The lowest BCUT2D eigenvalue weighted by molar-refractivity contribution is 0.412. The molecule has 3 rings (SSSR count). The third-order valence-corrected chi connectivity index (χ3v) is 5.22. The van der Waals surface area contributed by atoms with E-state index < -0.39 is 0 Å². The quantitative estimate of drug-likeness (QED) is 0.190. The van der Waals surface area contributed by atoms with E-state index in [0.29, 0.717) is 6.54 Å². The molecule has 1 aromatic heterocycles. The van der Waals surface area contributed by atoms with Crippen molar-refractivity contribution in [3.05, 3.63) is 58.3 Å². The van der Waals surface area contributed by atoms with Gasteiger partial charge in [0.15, 0.2) is 5.96 Å². The molecule has 8 heteroatoms. The third-order valence-electron chi connectivity index (χ3n) is 4.60. The van der Waals surface area contributed by atoms with Crippen LogP contribution in [0.25, 0.3) is 11.0 Å². The lowest BCUT2D eigenvalue weighted by Gasteiger charge is -2.13. The molecule has 1 heterocycles. The number of benzene rings is 2. The molecule has 2 aromatic carbocycles. The lowest BCUT2D eigenvalue weighted by Crippen LogP contribution is -2.37. The van der Waals surface area contributed by atoms with Gasteiger partial charge < -0.3 is 19.9 Å². The molecule has 0 aliphatic heterocycles. The van der Waals surface area contributed by atoms with Gasteiger partial charge in [-0.25, -0.2) is 4.98 Å². The summed E-state index contributed by atoms with van der Waals surface area (Å²) in [5.41, 5.74) is 3.39. The molecule has 0 fully saturated rings. The summed E-state index contributed by atoms with van der Waals surface area (Å²) in [6.07, 6.45) is 0.982. The molecule has 0 aliphatic carbocycles. The molecule has 0 spiro atoms. The van der Waals surface area contributed by atoms with Gasteiger partial charge in [0.2, 0.25) is 0 Å². The fourth-order valence-corrected chi connectivity index (χ4v) is 3.74. The van der Waals surface area contributed by atoms with E-state index in [4.69, 9.17) is 4.74 Å². The number of methoxy groups -OCH3 is 1. The van der Waals surface area contributed by atoms with E-state index >= 15 is 0 Å². The number of hydrogen-bond donors (Lipinski definition) is 2. The van der Waals surface area contributed by atoms with Crippen molar-refractivity contribution in [3.63, 3.8) is 0 Å². The van der Waals surface area contributed by atoms with Crippen molar-refractivity contribution < 1.29 is 4.74 Å². The number of imidazole rings is 1. The summed E-state index contributed by atoms with van der Waals surface area (Å²) in [5, 5.41) is 6.72. The normalized spacial score (nSPS) is 11.2. The molecule has 0 amide bonds. The van der Waals surface area contributed by atoms with Crippen molar-refractivity contribution in [1.82, 2.24) is 20.2 Å². The Balaban J connectivity index is 0.00000300. The van der Waals surface area contributed by atoms with Crippen LogP contribution in [-0.4, -0.2) is 36.2 Å². The molecule has 6 nitrogen and oxygen atoms in total. The van der Waals surface area contributed by atoms with Crippen LogP contribution < -0.4 is 15.4 Å². The largest absolute Gasteiger partial charge is 0.496 e. The van der Waals surface area contributed by atoms with Crippen LogP contribution in [0.4, 0.5) is 0 Å². The fourth-order valence-electron chi connectivity index (χ4n) is 3.15. The van der Waals surface area contributed by atoms with Crippen LogP contribution in [0.5, 0.6) is 5.75 Å². The van der Waals surface area contributed by atoms with Gasteiger partial charge in [-0.05, 0) is 59.1 Å². The molecule has 3 aromatic rings. The smallest absolute Gasteiger partial charge is 0.191 e. The minimum atomic E-state index is 0. The summed E-state index contributed by atoms with van der Waals surface area (Å²) in [4.78, 5) is 8.92. The molecule has 0 radical (unpaired) electrons. The first-order valence-corrected chi connectivity index (χ1v) is 10.1. The van der Waals surface area contributed by atoms with Crippen molar-refractivity contribution in [2.75, 3.05) is 20.7 Å². The zero-order chi connectivity index (χ0) is 19.9. The Morgan fingerprint density at radius 3 is 2.72 bits per heavy atom. The lowest BCUT2D eigenvalue weighted by atomic mass is 10.2. The number of nitrogens with zero attached hydrogens (tertiary/aromatic N) is 3. The number of aryl methyl sites for hydroxylation is 2. The number of ether oxygens (including phenoxy) is 1. The first kappa shape index (κ1) is 23.5. The standard InChI is InChI=1S/C21H26BrN5O.HI/c1-15-26-18-7-4-5-8-19(18)27(15)12-6-11-24-21(23-2)25-14-16-9-10-20(28-3)17(22)13-16;/h4-5,7-10,13H,6,11-12,14H2,1-3H3,(H2,23,24,25);1H. The average Bonchev–Trinajstić information content (AvgIpc) is 3.02. The number of fused-ring (bicyclic) bond motifs is 1. The second kappa shape index (κ2) is 11.4. The van der Waals surface area contributed by atoms with Crippen LogP contribution >= 0.6 is 39.9 Å². The van der Waals surface area contributed by atoms with Crippen LogP contribution in [0.2, 0.25) is 0 Å². The molecule has 0 unspecified atom stereocenters. The molecule has 0 bridgehead atoms. The van der Waals surface area contributed by atoms with Crippen LogP contribution in [-0.2, 0) is 13.1 Å². The fraction of sp³-hybridized carbons (Fsp3) is 0.333. The van der Waals surface area contributed by atoms with Gasteiger partial charge in [0.25, 0.3) is 0 Å². The second-order valence-corrected chi connectivity index (χ2v) is 7.33. The Morgan fingerprint density at radius 2 is 2.00 bits per heavy atom. The van der Waals surface area contributed by atoms with E-state index in [2.05, 4.69) is 66.2 Å². The number of hydrogen-bond acceptors (Lipinski definition) is 3. The molecule has 0 atom stereocenters. The average molecular weight is 572 g/mol. The summed E-state index contributed by atoms with van der Waals surface area (Å²) in [5.74, 6) is 2.67. The highest BCUT2D eigenvalue weighted by molar-refractivity contribution is 14.0. The van der Waals surface area contributed by atoms with Crippen molar-refractivity contribution in [1.29, 1.82) is 0 Å². The maximum Gasteiger partial charge on any atom is 0.191 e. The first-order chi connectivity index (χ1) is 13.6. The Bertz CT molecular complexity index is 973. The minimum Gasteiger partial charge on any atom is -0.496 e. The number of nitrogens with one attached hydrogen (secondary N) is 2. The van der Waals surface area contributed by atoms with Gasteiger partial charge in [0, 0.05) is 26.7 Å². The summed E-state index contributed by atoms with van der Waals surface area (Å²) < 4.78 is 8.48. The van der Waals surface area contributed by atoms with Crippen molar-refractivity contribution in [3.8, 4) is 5.75 Å². The summed E-state index contributed by atoms with van der Waals surface area (Å²) in [6.45, 7) is 4.49. The zero-order valence-corrected chi connectivity index (χ0v) is 20.8. The van der Waals surface area contributed by atoms with E-state index in [0.717, 1.165) is 52.6 Å². The molecule has 29 heavy (non-hydrogen) atoms. The Labute approximate surface area is 197 Å². The predicted octanol–water partition coefficient (Wildman–Crippen LogP) is 4.49. The van der Waals surface area contributed by atoms with E-state index in [1.165, 1.54) is 5.52 Å². The second-order valence-electron chi connectivity index (χ2n) is 6.47. The van der Waals surface area contributed by atoms with Gasteiger partial charge >= 0.3 is 0 Å². The minimum absolute atomic E-state index is 0. The van der Waals surface area contributed by atoms with Gasteiger partial charge in [0.1, 0.15) is 11.6 Å². The number of halogens is 2. The summed E-state index contributed by atoms with van der Waals surface area (Å²) in [6, 6.07) is 14.3. The van der Waals surface area contributed by atoms with Crippen LogP contribution in [0.3, 0.4) is 0 Å². The Kier molecular flexibility index (Phi) is 9.22. The van der Waals surface area contributed by atoms with Crippen molar-refractivity contribution in [2.45, 2.75) is 26.4 Å². The topological polar surface area (TPSA) is 63.5 Å². The number of aliphatic imine (C=N–C) groups is 1. The van der Waals surface area contributed by atoms with E-state index in [1.54, 1.807) is 14.2 Å². The third kappa shape index (κ3) is 6.08. The molecular weight excluding hydrogens is 545 g/mol. The van der Waals surface area contributed by atoms with Gasteiger partial charge in [-0.15, -0.1) is 24.0 Å². The number of para-hydroxylation sites is 2. The van der Waals surface area contributed by atoms with Gasteiger partial charge in [-0.2, -0.15) is 0 Å². The zero-order valence-electron chi connectivity index (χ0n) is 16.9. The van der Waals surface area contributed by atoms with Crippen molar-refractivity contribution in [2.24, 2.45) is 4.99 Å². The first-order valence-electron chi connectivity index (χ1n) is 9.31. The monoisotopic (exact) mass is 571 g/mol. The number of rotatable bonds is 7. The predicted molar refractivity (Wildman–Crippen MR) is 133 cm³/mol. The highest BCUT2D eigenvalue weighted by Gasteiger charge is 2.06. The van der Waals surface area contributed by atoms with Gasteiger partial charge in [-0.3, -0.25) is 4.99 Å². The Hall–Kier alpha value is -1.81. The molecule has 0 aliphatic rings. The number of guanidine groups is 1. The van der Waals surface area contributed by atoms with Crippen molar-refractivity contribution >= 4 is 56.9 Å². The SMILES string of the molecule is CN=C(NCCCn1c(C)nc2ccccc21)NCc1ccc(OC)c(Br)c1.I. The highest BCUT2D eigenvalue weighted by atomic mass is 127. The van der Waals surface area contributed by atoms with E-state index in [9.17, 15) is 0 Å². The van der Waals surface area contributed by atoms with Crippen LogP contribution in [0, 0.1) is 6.92 Å². The Morgan fingerprint density at radius 1 is 1.21 bits per heavy atom. The molecule has 156 valence electrons. The number of aromatic nitrogens is 2. The molecule has 2 N–H and O–H groups in total. The van der Waals surface area contributed by atoms with Crippen LogP contribution in [0.1, 0.15) is 17.8 Å². The molecule has 0 saturated heterocycles. The summed E-state index contributed by atoms with van der Waals surface area (Å²) >= 11 is 3.52. The highest BCUT2D eigenvalue weighted by Crippen LogP contribution is 2.25. The molecular formula is C21H27BrIN5O. The molecule has 0 saturated carbocycles. The maximum absolute atomic E-state index is 5.27. The van der Waals surface area contributed by atoms with Gasteiger partial charge in [-0.1, -0.05) is 18.2 Å².